The van der Waals surface area contributed by atoms with Crippen LogP contribution in [0.5, 0.6) is 0 Å². The molecule has 0 saturated carbocycles. The molecule has 0 bridgehead atoms. The molecule has 0 spiro atoms. The van der Waals surface area contributed by atoms with Crippen molar-refractivity contribution < 1.29 is 21.5 Å². The summed E-state index contributed by atoms with van der Waals surface area (Å²) in [6, 6.07) is 0. The van der Waals surface area contributed by atoms with E-state index in [4.69, 9.17) is 0 Å². The van der Waals surface area contributed by atoms with E-state index in [1.807, 2.05) is 28.7 Å². The minimum absolute atomic E-state index is 0. The van der Waals surface area contributed by atoms with Gasteiger partial charge >= 0.3 is 0 Å². The van der Waals surface area contributed by atoms with Crippen LogP contribution in [0.3, 0.4) is 0 Å². The molecule has 40 valence electrons. The minimum atomic E-state index is 0. The van der Waals surface area contributed by atoms with Gasteiger partial charge in [-0.05, 0) is 0 Å². The molecule has 1 heterocycles. The number of rotatable bonds is 0. The zero-order valence-corrected chi connectivity index (χ0v) is 6.37. The van der Waals surface area contributed by atoms with E-state index in [1.165, 1.54) is 0 Å². The summed E-state index contributed by atoms with van der Waals surface area (Å²) in [5, 5.41) is 2.04. The second kappa shape index (κ2) is 3.16. The molecule has 0 fully saturated rings. The first kappa shape index (κ1) is 7.11. The Morgan fingerprint density at radius 2 is 2.29 bits per heavy atom. The second-order valence-electron chi connectivity index (χ2n) is 1.19. The summed E-state index contributed by atoms with van der Waals surface area (Å²) in [5.74, 6) is 0. The third-order valence-electron chi connectivity index (χ3n) is 0.602. The Labute approximate surface area is 57.4 Å². The summed E-state index contributed by atoms with van der Waals surface area (Å²) in [5.41, 5.74) is 2.04. The van der Waals surface area contributed by atoms with E-state index in [0.29, 0.717) is 0 Å². The summed E-state index contributed by atoms with van der Waals surface area (Å²) in [6.07, 6.45) is 2.02. The predicted molar refractivity (Wildman–Crippen MR) is 25.5 cm³/mol. The van der Waals surface area contributed by atoms with Gasteiger partial charge in [0.2, 0.25) is 5.51 Å². The van der Waals surface area contributed by atoms with Crippen LogP contribution in [-0.2, 0) is 7.05 Å². The number of hydrogen-bond donors (Lipinski definition) is 0. The zero-order valence-electron chi connectivity index (χ0n) is 3.97. The van der Waals surface area contributed by atoms with E-state index in [9.17, 15) is 0 Å². The van der Waals surface area contributed by atoms with E-state index in [2.05, 4.69) is 0 Å². The maximum Gasteiger partial charge on any atom is 0.224 e. The van der Waals surface area contributed by atoms with Gasteiger partial charge in [-0.3, -0.25) is 0 Å². The lowest BCUT2D eigenvalue weighted by molar-refractivity contribution is -0.666. The highest BCUT2D eigenvalue weighted by Crippen LogP contribution is 1.83. The van der Waals surface area contributed by atoms with Crippen molar-refractivity contribution in [3.05, 3.63) is 17.1 Å². The van der Waals surface area contributed by atoms with Crippen molar-refractivity contribution in [1.29, 1.82) is 0 Å². The molecule has 0 radical (unpaired) electrons. The highest BCUT2D eigenvalue weighted by Gasteiger charge is 1.81. The van der Waals surface area contributed by atoms with Crippen LogP contribution in [0.4, 0.5) is 0 Å². The van der Waals surface area contributed by atoms with Crippen molar-refractivity contribution in [2.75, 3.05) is 0 Å². The molecule has 1 aromatic heterocycles. The molecule has 7 heavy (non-hydrogen) atoms. The summed E-state index contributed by atoms with van der Waals surface area (Å²) < 4.78 is 2.02. The van der Waals surface area contributed by atoms with Gasteiger partial charge in [0.1, 0.15) is 7.05 Å². The third-order valence-corrected chi connectivity index (χ3v) is 1.33. The first-order valence-electron chi connectivity index (χ1n) is 1.77. The third kappa shape index (κ3) is 2.04. The van der Waals surface area contributed by atoms with Crippen LogP contribution < -0.4 is 21.5 Å². The number of aryl methyl sites for hydroxylation is 1. The normalized spacial score (nSPS) is 7.57. The fourth-order valence-electron chi connectivity index (χ4n) is 0.297. The van der Waals surface area contributed by atoms with E-state index in [1.54, 1.807) is 11.3 Å². The van der Waals surface area contributed by atoms with Gasteiger partial charge in [0, 0.05) is 0 Å². The Morgan fingerprint density at radius 1 is 1.57 bits per heavy atom. The molecule has 0 saturated heterocycles. The highest BCUT2D eigenvalue weighted by atomic mass is 79.9. The molecule has 3 heteroatoms. The quantitative estimate of drug-likeness (QED) is 0.391. The fraction of sp³-hybridized carbons (Fsp3) is 0.250. The van der Waals surface area contributed by atoms with Crippen molar-refractivity contribution in [1.82, 2.24) is 0 Å². The Hall–Kier alpha value is 0.110. The molecular formula is C4H6BrNS. The molecule has 1 nitrogen and oxygen atoms in total. The van der Waals surface area contributed by atoms with E-state index >= 15 is 0 Å². The zero-order chi connectivity index (χ0) is 4.41. The number of aromatic nitrogens is 1. The van der Waals surface area contributed by atoms with Crippen LogP contribution in [0.25, 0.3) is 0 Å². The van der Waals surface area contributed by atoms with Gasteiger partial charge in [0.15, 0.2) is 6.20 Å². The number of nitrogens with zero attached hydrogens (tertiary/aromatic N) is 1. The molecule has 1 rings (SSSR count). The first-order valence-corrected chi connectivity index (χ1v) is 2.71. The summed E-state index contributed by atoms with van der Waals surface area (Å²) in [6.45, 7) is 0. The average molecular weight is 180 g/mol. The number of hydrogen-bond acceptors (Lipinski definition) is 1. The minimum Gasteiger partial charge on any atom is -1.00 e. The smallest absolute Gasteiger partial charge is 0.224 e. The molecule has 1 aromatic rings. The monoisotopic (exact) mass is 179 g/mol. The molecule has 0 N–H and O–H groups in total. The van der Waals surface area contributed by atoms with Gasteiger partial charge in [0.05, 0.1) is 5.38 Å². The highest BCUT2D eigenvalue weighted by molar-refractivity contribution is 7.07. The summed E-state index contributed by atoms with van der Waals surface area (Å²) >= 11 is 1.70. The molecule has 0 atom stereocenters. The molecule has 0 unspecified atom stereocenters. The van der Waals surface area contributed by atoms with Crippen LogP contribution in [0, 0.1) is 0 Å². The van der Waals surface area contributed by atoms with E-state index < -0.39 is 0 Å². The lowest BCUT2D eigenvalue weighted by Gasteiger charge is -1.62. The van der Waals surface area contributed by atoms with Crippen LogP contribution >= 0.6 is 11.3 Å². The predicted octanol–water partition coefficient (Wildman–Crippen LogP) is -2.42. The largest absolute Gasteiger partial charge is 1.00 e. The Kier molecular flexibility index (Phi) is 3.21. The lowest BCUT2D eigenvalue weighted by Crippen LogP contribution is -3.00. The van der Waals surface area contributed by atoms with Gasteiger partial charge in [-0.2, -0.15) is 4.57 Å². The first-order chi connectivity index (χ1) is 2.89. The van der Waals surface area contributed by atoms with Crippen molar-refractivity contribution in [2.24, 2.45) is 7.05 Å². The Morgan fingerprint density at radius 3 is 2.43 bits per heavy atom. The van der Waals surface area contributed by atoms with Crippen molar-refractivity contribution >= 4 is 11.3 Å². The van der Waals surface area contributed by atoms with Crippen LogP contribution in [0.2, 0.25) is 0 Å². The Bertz CT molecular complexity index is 115. The molecular weight excluding hydrogens is 174 g/mol. The van der Waals surface area contributed by atoms with Crippen LogP contribution in [-0.4, -0.2) is 0 Å². The molecule has 0 aliphatic heterocycles. The van der Waals surface area contributed by atoms with Crippen LogP contribution in [0.1, 0.15) is 0 Å². The summed E-state index contributed by atoms with van der Waals surface area (Å²) in [4.78, 5) is 0. The Balaban J connectivity index is 0.000000360. The van der Waals surface area contributed by atoms with Gasteiger partial charge in [0.25, 0.3) is 0 Å². The molecule has 0 amide bonds. The standard InChI is InChI=1S/C4H6NS.BrH/c1-5-2-3-6-4-5;/h2-4H,1H3;1H/q+1;/p-1. The van der Waals surface area contributed by atoms with Gasteiger partial charge in [-0.25, -0.2) is 0 Å². The maximum atomic E-state index is 2.04. The van der Waals surface area contributed by atoms with Gasteiger partial charge < -0.3 is 17.0 Å². The van der Waals surface area contributed by atoms with E-state index in [-0.39, 0.29) is 17.0 Å². The van der Waals surface area contributed by atoms with Crippen molar-refractivity contribution in [2.45, 2.75) is 0 Å². The molecule has 0 aliphatic rings. The van der Waals surface area contributed by atoms with Crippen molar-refractivity contribution in [3.63, 3.8) is 0 Å². The summed E-state index contributed by atoms with van der Waals surface area (Å²) in [7, 11) is 2.01. The van der Waals surface area contributed by atoms with Gasteiger partial charge in [-0.15, -0.1) is 0 Å². The molecule has 0 aromatic carbocycles. The average Bonchev–Trinajstić information content (AvgIpc) is 1.86. The van der Waals surface area contributed by atoms with Crippen molar-refractivity contribution in [3.8, 4) is 0 Å². The second-order valence-corrected chi connectivity index (χ2v) is 1.95. The number of thiazole rings is 1. The topological polar surface area (TPSA) is 3.88 Å². The number of halogens is 1. The van der Waals surface area contributed by atoms with E-state index in [0.717, 1.165) is 0 Å². The van der Waals surface area contributed by atoms with Gasteiger partial charge in [-0.1, -0.05) is 11.3 Å². The molecule has 0 aliphatic carbocycles. The lowest BCUT2D eigenvalue weighted by atomic mass is 10.9. The van der Waals surface area contributed by atoms with Crippen LogP contribution in [0.15, 0.2) is 17.1 Å². The maximum absolute atomic E-state index is 2.04. The SMILES string of the molecule is C[n+]1ccsc1.[Br-]. The fourth-order valence-corrected chi connectivity index (χ4v) is 0.892.